The highest BCUT2D eigenvalue weighted by Crippen LogP contribution is 2.29. The molecule has 26 heavy (non-hydrogen) atoms. The molecule has 0 saturated carbocycles. The van der Waals surface area contributed by atoms with Gasteiger partial charge in [-0.05, 0) is 26.2 Å². The van der Waals surface area contributed by atoms with Crippen LogP contribution in [0.1, 0.15) is 6.42 Å². The lowest BCUT2D eigenvalue weighted by Gasteiger charge is -2.40. The maximum Gasteiger partial charge on any atom is 0.228 e. The van der Waals surface area contributed by atoms with E-state index in [0.717, 1.165) is 6.54 Å². The summed E-state index contributed by atoms with van der Waals surface area (Å²) in [5.41, 5.74) is 0. The van der Waals surface area contributed by atoms with Gasteiger partial charge in [0.2, 0.25) is 11.8 Å². The van der Waals surface area contributed by atoms with Crippen molar-refractivity contribution >= 4 is 11.8 Å². The van der Waals surface area contributed by atoms with E-state index in [0.29, 0.717) is 44.1 Å². The second-order valence-corrected chi connectivity index (χ2v) is 7.18. The lowest BCUT2D eigenvalue weighted by Crippen LogP contribution is -2.57. The minimum atomic E-state index is -0.225. The molecular formula is C19H27N3O4. The van der Waals surface area contributed by atoms with Crippen LogP contribution in [-0.4, -0.2) is 86.5 Å². The number of likely N-dealkylation sites (tertiary alicyclic amines) is 2. The highest BCUT2D eigenvalue weighted by molar-refractivity contribution is 5.89. The Kier molecular flexibility index (Phi) is 5.66. The summed E-state index contributed by atoms with van der Waals surface area (Å²) in [4.78, 5) is 30.4. The standard InChI is InChI=1S/C19H27N3O4/c1-20(2)8-9-21-11-14(10-18(21)23)19(24)22-12-15(13-22)26-17-7-5-4-6-16(17)25-3/h4-7,14-15H,8-13H2,1-3H3/t14-/m1/s1. The van der Waals surface area contributed by atoms with E-state index < -0.39 is 0 Å². The molecule has 2 heterocycles. The fourth-order valence-electron chi connectivity index (χ4n) is 3.32. The Hall–Kier alpha value is -2.28. The summed E-state index contributed by atoms with van der Waals surface area (Å²) in [6.07, 6.45) is 0.290. The first-order chi connectivity index (χ1) is 12.5. The number of carbonyl (C=O) groups excluding carboxylic acids is 2. The molecule has 2 saturated heterocycles. The number of para-hydroxylation sites is 2. The van der Waals surface area contributed by atoms with Gasteiger partial charge in [-0.1, -0.05) is 12.1 Å². The summed E-state index contributed by atoms with van der Waals surface area (Å²) in [5, 5.41) is 0. The molecule has 0 N–H and O–H groups in total. The summed E-state index contributed by atoms with van der Waals surface area (Å²) < 4.78 is 11.2. The van der Waals surface area contributed by atoms with Gasteiger partial charge in [0.1, 0.15) is 6.10 Å². The number of amides is 2. The van der Waals surface area contributed by atoms with E-state index in [1.54, 1.807) is 16.9 Å². The maximum absolute atomic E-state index is 12.6. The van der Waals surface area contributed by atoms with E-state index in [1.807, 2.05) is 43.3 Å². The Morgan fingerprint density at radius 2 is 1.88 bits per heavy atom. The van der Waals surface area contributed by atoms with Crippen molar-refractivity contribution in [3.8, 4) is 11.5 Å². The Bertz CT molecular complexity index is 658. The molecule has 7 heteroatoms. The molecule has 2 amide bonds. The average Bonchev–Trinajstić information content (AvgIpc) is 2.96. The third-order valence-corrected chi connectivity index (χ3v) is 4.90. The monoisotopic (exact) mass is 361 g/mol. The van der Waals surface area contributed by atoms with E-state index in [-0.39, 0.29) is 23.8 Å². The minimum Gasteiger partial charge on any atom is -0.493 e. The van der Waals surface area contributed by atoms with Crippen molar-refractivity contribution in [2.24, 2.45) is 5.92 Å². The number of hydrogen-bond donors (Lipinski definition) is 0. The van der Waals surface area contributed by atoms with Crippen LogP contribution < -0.4 is 9.47 Å². The van der Waals surface area contributed by atoms with Gasteiger partial charge in [-0.3, -0.25) is 9.59 Å². The van der Waals surface area contributed by atoms with Gasteiger partial charge in [-0.2, -0.15) is 0 Å². The number of rotatable bonds is 7. The minimum absolute atomic E-state index is 0.0304. The van der Waals surface area contributed by atoms with Crippen LogP contribution >= 0.6 is 0 Å². The number of nitrogens with zero attached hydrogens (tertiary/aromatic N) is 3. The Morgan fingerprint density at radius 3 is 2.54 bits per heavy atom. The highest BCUT2D eigenvalue weighted by Gasteiger charge is 2.41. The highest BCUT2D eigenvalue weighted by atomic mass is 16.5. The molecular weight excluding hydrogens is 334 g/mol. The molecule has 1 aromatic rings. The molecule has 0 bridgehead atoms. The lowest BCUT2D eigenvalue weighted by atomic mass is 10.0. The number of hydrogen-bond acceptors (Lipinski definition) is 5. The number of carbonyl (C=O) groups is 2. The zero-order valence-electron chi connectivity index (χ0n) is 15.7. The van der Waals surface area contributed by atoms with Crippen molar-refractivity contribution in [1.82, 2.24) is 14.7 Å². The van der Waals surface area contributed by atoms with E-state index in [4.69, 9.17) is 9.47 Å². The van der Waals surface area contributed by atoms with Gasteiger partial charge in [0.05, 0.1) is 26.1 Å². The summed E-state index contributed by atoms with van der Waals surface area (Å²) in [7, 11) is 5.56. The molecule has 2 aliphatic heterocycles. The summed E-state index contributed by atoms with van der Waals surface area (Å²) in [5.74, 6) is 1.29. The normalized spacial score (nSPS) is 20.5. The predicted octanol–water partition coefficient (Wildman–Crippen LogP) is 0.695. The van der Waals surface area contributed by atoms with Crippen molar-refractivity contribution in [2.45, 2.75) is 12.5 Å². The van der Waals surface area contributed by atoms with Crippen molar-refractivity contribution in [3.05, 3.63) is 24.3 Å². The molecule has 7 nitrogen and oxygen atoms in total. The first kappa shape index (κ1) is 18.5. The van der Waals surface area contributed by atoms with Crippen LogP contribution in [0.2, 0.25) is 0 Å². The SMILES string of the molecule is COc1ccccc1OC1CN(C(=O)[C@@H]2CC(=O)N(CCN(C)C)C2)C1. The first-order valence-corrected chi connectivity index (χ1v) is 8.99. The second-order valence-electron chi connectivity index (χ2n) is 7.18. The number of methoxy groups -OCH3 is 1. The molecule has 142 valence electrons. The van der Waals surface area contributed by atoms with Crippen LogP contribution in [0.3, 0.4) is 0 Å². The van der Waals surface area contributed by atoms with Gasteiger partial charge in [0.15, 0.2) is 11.5 Å². The lowest BCUT2D eigenvalue weighted by molar-refractivity contribution is -0.144. The zero-order chi connectivity index (χ0) is 18.7. The van der Waals surface area contributed by atoms with Crippen LogP contribution in [0.5, 0.6) is 11.5 Å². The molecule has 2 fully saturated rings. The van der Waals surface area contributed by atoms with Crippen molar-refractivity contribution in [1.29, 1.82) is 0 Å². The average molecular weight is 361 g/mol. The molecule has 0 aliphatic carbocycles. The van der Waals surface area contributed by atoms with E-state index >= 15 is 0 Å². The molecule has 1 aromatic carbocycles. The Morgan fingerprint density at radius 1 is 1.19 bits per heavy atom. The van der Waals surface area contributed by atoms with Gasteiger partial charge < -0.3 is 24.2 Å². The van der Waals surface area contributed by atoms with E-state index in [2.05, 4.69) is 0 Å². The largest absolute Gasteiger partial charge is 0.493 e. The van der Waals surface area contributed by atoms with Crippen molar-refractivity contribution in [3.63, 3.8) is 0 Å². The quantitative estimate of drug-likeness (QED) is 0.715. The fraction of sp³-hybridized carbons (Fsp3) is 0.579. The van der Waals surface area contributed by atoms with Gasteiger partial charge in [-0.25, -0.2) is 0 Å². The number of benzene rings is 1. The Labute approximate surface area is 154 Å². The maximum atomic E-state index is 12.6. The number of likely N-dealkylation sites (N-methyl/N-ethyl adjacent to an activating group) is 1. The molecule has 3 rings (SSSR count). The Balaban J connectivity index is 1.47. The van der Waals surface area contributed by atoms with Gasteiger partial charge in [-0.15, -0.1) is 0 Å². The molecule has 2 aliphatic rings. The first-order valence-electron chi connectivity index (χ1n) is 8.99. The van der Waals surface area contributed by atoms with Crippen LogP contribution in [0.4, 0.5) is 0 Å². The number of ether oxygens (including phenoxy) is 2. The van der Waals surface area contributed by atoms with Crippen LogP contribution in [-0.2, 0) is 9.59 Å². The van der Waals surface area contributed by atoms with E-state index in [1.165, 1.54) is 0 Å². The van der Waals surface area contributed by atoms with E-state index in [9.17, 15) is 9.59 Å². The van der Waals surface area contributed by atoms with Gasteiger partial charge >= 0.3 is 0 Å². The van der Waals surface area contributed by atoms with Gasteiger partial charge in [0.25, 0.3) is 0 Å². The van der Waals surface area contributed by atoms with Crippen LogP contribution in [0, 0.1) is 5.92 Å². The third-order valence-electron chi connectivity index (χ3n) is 4.90. The van der Waals surface area contributed by atoms with Crippen molar-refractivity contribution in [2.75, 3.05) is 53.9 Å². The molecule has 0 unspecified atom stereocenters. The molecule has 1 atom stereocenters. The molecule has 0 spiro atoms. The van der Waals surface area contributed by atoms with Gasteiger partial charge in [0, 0.05) is 26.1 Å². The smallest absolute Gasteiger partial charge is 0.228 e. The van der Waals surface area contributed by atoms with Crippen molar-refractivity contribution < 1.29 is 19.1 Å². The predicted molar refractivity (Wildman–Crippen MR) is 97.2 cm³/mol. The topological polar surface area (TPSA) is 62.3 Å². The molecule has 0 radical (unpaired) electrons. The summed E-state index contributed by atoms with van der Waals surface area (Å²) in [6.45, 7) is 3.12. The third kappa shape index (κ3) is 4.09. The second kappa shape index (κ2) is 7.95. The summed E-state index contributed by atoms with van der Waals surface area (Å²) in [6, 6.07) is 7.50. The van der Waals surface area contributed by atoms with Crippen LogP contribution in [0.25, 0.3) is 0 Å². The summed E-state index contributed by atoms with van der Waals surface area (Å²) >= 11 is 0. The van der Waals surface area contributed by atoms with Crippen LogP contribution in [0.15, 0.2) is 24.3 Å². The molecule has 0 aromatic heterocycles. The zero-order valence-corrected chi connectivity index (χ0v) is 15.7. The fourth-order valence-corrected chi connectivity index (χ4v) is 3.32.